The van der Waals surface area contributed by atoms with Crippen molar-refractivity contribution < 1.29 is 23.8 Å². The fourth-order valence-electron chi connectivity index (χ4n) is 4.51. The van der Waals surface area contributed by atoms with Crippen LogP contribution < -0.4 is 14.8 Å². The largest absolute Gasteiger partial charge is 0.497 e. The summed E-state index contributed by atoms with van der Waals surface area (Å²) in [5.41, 5.74) is 3.17. The van der Waals surface area contributed by atoms with Crippen LogP contribution in [0.4, 0.5) is 0 Å². The highest BCUT2D eigenvalue weighted by molar-refractivity contribution is 8.16. The van der Waals surface area contributed by atoms with Crippen LogP contribution >= 0.6 is 11.8 Å². The number of methoxy groups -OCH3 is 2. The van der Waals surface area contributed by atoms with Gasteiger partial charge in [0.25, 0.3) is 0 Å². The Labute approximate surface area is 220 Å². The van der Waals surface area contributed by atoms with Crippen molar-refractivity contribution in [3.05, 3.63) is 76.3 Å². The Kier molecular flexibility index (Phi) is 7.23. The van der Waals surface area contributed by atoms with Gasteiger partial charge in [-0.2, -0.15) is 0 Å². The van der Waals surface area contributed by atoms with Gasteiger partial charge >= 0.3 is 5.97 Å². The van der Waals surface area contributed by atoms with Gasteiger partial charge in [0.1, 0.15) is 11.5 Å². The molecule has 0 spiro atoms. The van der Waals surface area contributed by atoms with Gasteiger partial charge in [-0.05, 0) is 43.4 Å². The first kappa shape index (κ1) is 25.0. The van der Waals surface area contributed by atoms with Crippen molar-refractivity contribution >= 4 is 34.5 Å². The van der Waals surface area contributed by atoms with E-state index in [1.807, 2.05) is 58.8 Å². The Balaban J connectivity index is 1.69. The molecule has 0 unspecified atom stereocenters. The molecule has 2 aromatic rings. The van der Waals surface area contributed by atoms with Crippen molar-refractivity contribution in [1.82, 2.24) is 10.2 Å². The highest BCUT2D eigenvalue weighted by atomic mass is 32.2. The van der Waals surface area contributed by atoms with E-state index < -0.39 is 12.0 Å². The zero-order chi connectivity index (χ0) is 25.9. The van der Waals surface area contributed by atoms with Crippen LogP contribution in [-0.4, -0.2) is 48.8 Å². The SMILES string of the molecule is CCOC(=O)C1=C(c2ccccc2)N=C2SC=C(CC(=O)NC3CC3)N2[C@@H]1c1cc(OC)ccc1OC. The number of rotatable bonds is 9. The number of carbonyl (C=O) groups is 2. The van der Waals surface area contributed by atoms with E-state index in [4.69, 9.17) is 19.2 Å². The monoisotopic (exact) mass is 519 g/mol. The van der Waals surface area contributed by atoms with E-state index in [2.05, 4.69) is 5.32 Å². The molecule has 0 bridgehead atoms. The predicted molar refractivity (Wildman–Crippen MR) is 143 cm³/mol. The number of hydrogen-bond acceptors (Lipinski definition) is 8. The van der Waals surface area contributed by atoms with Crippen LogP contribution in [0.5, 0.6) is 11.5 Å². The third-order valence-electron chi connectivity index (χ3n) is 6.37. The Morgan fingerprint density at radius 2 is 1.89 bits per heavy atom. The molecule has 5 rings (SSSR count). The molecule has 1 N–H and O–H groups in total. The second kappa shape index (κ2) is 10.7. The Bertz CT molecular complexity index is 1300. The normalized spacial score (nSPS) is 18.6. The molecule has 2 aliphatic heterocycles. The maximum absolute atomic E-state index is 13.6. The number of carbonyl (C=O) groups excluding carboxylic acids is 2. The first-order valence-electron chi connectivity index (χ1n) is 12.3. The topological polar surface area (TPSA) is 89.5 Å². The molecule has 8 nitrogen and oxygen atoms in total. The highest BCUT2D eigenvalue weighted by Crippen LogP contribution is 2.49. The van der Waals surface area contributed by atoms with E-state index in [9.17, 15) is 9.59 Å². The molecule has 37 heavy (non-hydrogen) atoms. The fraction of sp³-hybridized carbons (Fsp3) is 0.321. The molecule has 0 radical (unpaired) electrons. The van der Waals surface area contributed by atoms with Crippen molar-refractivity contribution in [2.75, 3.05) is 20.8 Å². The van der Waals surface area contributed by atoms with E-state index in [1.54, 1.807) is 21.1 Å². The maximum Gasteiger partial charge on any atom is 0.338 e. The Hall–Kier alpha value is -3.72. The summed E-state index contributed by atoms with van der Waals surface area (Å²) < 4.78 is 16.9. The number of fused-ring (bicyclic) bond motifs is 1. The molecule has 1 saturated carbocycles. The number of hydrogen-bond donors (Lipinski definition) is 1. The number of benzene rings is 2. The van der Waals surface area contributed by atoms with Crippen molar-refractivity contribution in [1.29, 1.82) is 0 Å². The van der Waals surface area contributed by atoms with Gasteiger partial charge in [0.05, 0.1) is 44.6 Å². The number of ether oxygens (including phenoxy) is 3. The number of nitrogens with zero attached hydrogens (tertiary/aromatic N) is 2. The first-order valence-corrected chi connectivity index (χ1v) is 13.1. The summed E-state index contributed by atoms with van der Waals surface area (Å²) in [6.07, 6.45) is 2.19. The molecule has 3 aliphatic rings. The minimum atomic E-state index is -0.651. The molecule has 1 aliphatic carbocycles. The lowest BCUT2D eigenvalue weighted by atomic mass is 9.90. The second-order valence-corrected chi connectivity index (χ2v) is 9.71. The summed E-state index contributed by atoms with van der Waals surface area (Å²) in [5, 5.41) is 5.67. The van der Waals surface area contributed by atoms with Gasteiger partial charge in [0, 0.05) is 22.9 Å². The van der Waals surface area contributed by atoms with Crippen molar-refractivity contribution in [3.8, 4) is 11.5 Å². The fourth-order valence-corrected chi connectivity index (χ4v) is 5.43. The molecule has 192 valence electrons. The number of esters is 1. The van der Waals surface area contributed by atoms with E-state index in [0.717, 1.165) is 24.1 Å². The molecular weight excluding hydrogens is 490 g/mol. The van der Waals surface area contributed by atoms with Gasteiger partial charge < -0.3 is 24.4 Å². The predicted octanol–water partition coefficient (Wildman–Crippen LogP) is 4.65. The molecular formula is C28H29N3O5S. The highest BCUT2D eigenvalue weighted by Gasteiger charge is 2.43. The summed E-state index contributed by atoms with van der Waals surface area (Å²) in [5.74, 6) is 0.674. The number of nitrogens with one attached hydrogen (secondary N) is 1. The van der Waals surface area contributed by atoms with Crippen LogP contribution in [0.2, 0.25) is 0 Å². The van der Waals surface area contributed by atoms with E-state index in [1.165, 1.54) is 11.8 Å². The van der Waals surface area contributed by atoms with Gasteiger partial charge in [-0.15, -0.1) is 0 Å². The number of thioether (sulfide) groups is 1. The zero-order valence-electron chi connectivity index (χ0n) is 21.0. The summed E-state index contributed by atoms with van der Waals surface area (Å²) in [7, 11) is 3.18. The van der Waals surface area contributed by atoms with E-state index in [0.29, 0.717) is 33.5 Å². The maximum atomic E-state index is 13.6. The summed E-state index contributed by atoms with van der Waals surface area (Å²) in [4.78, 5) is 33.3. The van der Waals surface area contributed by atoms with Crippen LogP contribution in [0.25, 0.3) is 5.70 Å². The van der Waals surface area contributed by atoms with Crippen LogP contribution in [0, 0.1) is 0 Å². The summed E-state index contributed by atoms with van der Waals surface area (Å²) in [6.45, 7) is 1.99. The van der Waals surface area contributed by atoms with E-state index in [-0.39, 0.29) is 25.0 Å². The molecule has 2 aromatic carbocycles. The molecule has 1 amide bonds. The van der Waals surface area contributed by atoms with Gasteiger partial charge in [-0.25, -0.2) is 9.79 Å². The van der Waals surface area contributed by atoms with Crippen molar-refractivity contribution in [3.63, 3.8) is 0 Å². The minimum Gasteiger partial charge on any atom is -0.497 e. The lowest BCUT2D eigenvalue weighted by molar-refractivity contribution is -0.139. The Morgan fingerprint density at radius 3 is 2.57 bits per heavy atom. The molecule has 0 saturated heterocycles. The average Bonchev–Trinajstić information content (AvgIpc) is 3.65. The van der Waals surface area contributed by atoms with Crippen molar-refractivity contribution in [2.45, 2.75) is 38.3 Å². The van der Waals surface area contributed by atoms with Crippen LogP contribution in [0.3, 0.4) is 0 Å². The minimum absolute atomic E-state index is 0.0533. The molecule has 9 heteroatoms. The summed E-state index contributed by atoms with van der Waals surface area (Å²) in [6, 6.07) is 14.7. The second-order valence-electron chi connectivity index (χ2n) is 8.87. The first-order chi connectivity index (χ1) is 18.0. The Morgan fingerprint density at radius 1 is 1.11 bits per heavy atom. The van der Waals surface area contributed by atoms with Crippen molar-refractivity contribution in [2.24, 2.45) is 4.99 Å². The average molecular weight is 520 g/mol. The van der Waals surface area contributed by atoms with Crippen LogP contribution in [-0.2, 0) is 14.3 Å². The van der Waals surface area contributed by atoms with Gasteiger partial charge in [0.2, 0.25) is 5.91 Å². The standard InChI is InChI=1S/C28H29N3O5S/c1-4-36-27(33)24-25(17-8-6-5-7-9-17)30-28-31(19(16-37-28)14-23(32)29-18-10-11-18)26(24)21-15-20(34-2)12-13-22(21)35-3/h5-9,12-13,15-16,18,26H,4,10-11,14H2,1-3H3,(H,29,32)/t26-/m1/s1. The smallest absolute Gasteiger partial charge is 0.338 e. The quantitative estimate of drug-likeness (QED) is 0.483. The molecule has 0 aromatic heterocycles. The zero-order valence-corrected chi connectivity index (χ0v) is 21.8. The lowest BCUT2D eigenvalue weighted by Gasteiger charge is -2.37. The van der Waals surface area contributed by atoms with Gasteiger partial charge in [-0.3, -0.25) is 4.79 Å². The molecule has 1 fully saturated rings. The number of amides is 1. The number of aliphatic imine (C=N–C) groups is 1. The van der Waals surface area contributed by atoms with Gasteiger partial charge in [-0.1, -0.05) is 42.1 Å². The van der Waals surface area contributed by atoms with Gasteiger partial charge in [0.15, 0.2) is 5.17 Å². The summed E-state index contributed by atoms with van der Waals surface area (Å²) >= 11 is 1.43. The number of amidine groups is 1. The third kappa shape index (κ3) is 5.09. The third-order valence-corrected chi connectivity index (χ3v) is 7.26. The molecule has 2 heterocycles. The lowest BCUT2D eigenvalue weighted by Crippen LogP contribution is -2.38. The molecule has 1 atom stereocenters. The van der Waals surface area contributed by atoms with Crippen LogP contribution in [0.15, 0.2) is 70.2 Å². The van der Waals surface area contributed by atoms with Crippen LogP contribution in [0.1, 0.15) is 43.4 Å². The van der Waals surface area contributed by atoms with E-state index >= 15 is 0 Å².